The molecule has 1 aromatic carbocycles. The number of ketones is 1. The topological polar surface area (TPSA) is 180 Å². The van der Waals surface area contributed by atoms with E-state index in [9.17, 15) is 28.8 Å². The van der Waals surface area contributed by atoms with E-state index >= 15 is 0 Å². The summed E-state index contributed by atoms with van der Waals surface area (Å²) in [5.41, 5.74) is 2.83. The highest BCUT2D eigenvalue weighted by atomic mass is 32.2. The molecular formula is C43H49N9O6S. The monoisotopic (exact) mass is 819 g/mol. The molecule has 308 valence electrons. The van der Waals surface area contributed by atoms with Crippen molar-refractivity contribution in [3.63, 3.8) is 0 Å². The zero-order chi connectivity index (χ0) is 41.2. The molecule has 4 aromatic rings. The maximum absolute atomic E-state index is 13.6. The van der Waals surface area contributed by atoms with E-state index in [1.54, 1.807) is 41.6 Å². The Bertz CT molecular complexity index is 2370. The Morgan fingerprint density at radius 2 is 1.68 bits per heavy atom. The molecule has 8 rings (SSSR count). The van der Waals surface area contributed by atoms with Gasteiger partial charge in [-0.1, -0.05) is 31.7 Å². The van der Waals surface area contributed by atoms with E-state index in [2.05, 4.69) is 30.4 Å². The molecule has 1 aliphatic carbocycles. The van der Waals surface area contributed by atoms with E-state index in [4.69, 9.17) is 4.98 Å². The Balaban J connectivity index is 0.775. The second-order valence-corrected chi connectivity index (χ2v) is 17.0. The predicted octanol–water partition coefficient (Wildman–Crippen LogP) is 5.43. The van der Waals surface area contributed by atoms with Gasteiger partial charge in [-0.3, -0.25) is 48.5 Å². The highest BCUT2D eigenvalue weighted by molar-refractivity contribution is 7.99. The van der Waals surface area contributed by atoms with Crippen molar-refractivity contribution in [2.24, 2.45) is 0 Å². The first-order chi connectivity index (χ1) is 28.6. The minimum Gasteiger partial charge on any atom is -0.368 e. The van der Waals surface area contributed by atoms with Crippen LogP contribution in [0.1, 0.15) is 114 Å². The van der Waals surface area contributed by atoms with Crippen LogP contribution in [0.25, 0.3) is 11.0 Å². The van der Waals surface area contributed by atoms with Gasteiger partial charge >= 0.3 is 0 Å². The molecule has 0 bridgehead atoms. The van der Waals surface area contributed by atoms with Crippen LogP contribution in [0, 0.1) is 6.92 Å². The summed E-state index contributed by atoms with van der Waals surface area (Å²) in [6.07, 6.45) is 11.9. The number of amides is 4. The van der Waals surface area contributed by atoms with Gasteiger partial charge in [0, 0.05) is 55.1 Å². The molecule has 3 aromatic heterocycles. The first-order valence-corrected chi connectivity index (χ1v) is 21.7. The third-order valence-electron chi connectivity index (χ3n) is 12.0. The number of aryl methyl sites for hydroxylation is 1. The van der Waals surface area contributed by atoms with Crippen LogP contribution >= 0.6 is 11.8 Å². The van der Waals surface area contributed by atoms with Gasteiger partial charge in [-0.15, -0.1) is 11.8 Å². The number of aromatic nitrogens is 4. The third-order valence-corrected chi connectivity index (χ3v) is 13.2. The van der Waals surface area contributed by atoms with E-state index in [0.29, 0.717) is 39.5 Å². The molecule has 59 heavy (non-hydrogen) atoms. The molecule has 4 aliphatic rings. The molecule has 15 nitrogen and oxygen atoms in total. The number of benzene rings is 1. The first-order valence-electron chi connectivity index (χ1n) is 20.7. The number of rotatable bonds is 14. The van der Waals surface area contributed by atoms with Gasteiger partial charge in [-0.25, -0.2) is 9.97 Å². The number of hydrogen-bond acceptors (Lipinski definition) is 13. The second-order valence-electron chi connectivity index (χ2n) is 15.8. The van der Waals surface area contributed by atoms with Crippen molar-refractivity contribution in [3.05, 3.63) is 75.3 Å². The van der Waals surface area contributed by atoms with E-state index in [-0.39, 0.29) is 41.7 Å². The smallest absolute Gasteiger partial charge is 0.263 e. The predicted molar refractivity (Wildman–Crippen MR) is 225 cm³/mol. The quantitative estimate of drug-likeness (QED) is 0.0713. The Morgan fingerprint density at radius 3 is 2.41 bits per heavy atom. The number of piperidine rings is 1. The number of carbonyl (C=O) groups is 5. The minimum atomic E-state index is -0.965. The normalized spacial score (nSPS) is 18.8. The van der Waals surface area contributed by atoms with Crippen LogP contribution < -0.4 is 21.1 Å². The van der Waals surface area contributed by atoms with Crippen molar-refractivity contribution in [1.29, 1.82) is 0 Å². The minimum absolute atomic E-state index is 0.0103. The maximum atomic E-state index is 13.6. The molecule has 2 saturated heterocycles. The number of hydrogen-bond donors (Lipinski definition) is 2. The van der Waals surface area contributed by atoms with Gasteiger partial charge in [-0.2, -0.15) is 4.98 Å². The number of carbonyl (C=O) groups excluding carboxylic acids is 5. The van der Waals surface area contributed by atoms with Crippen LogP contribution in [-0.2, 0) is 9.59 Å². The van der Waals surface area contributed by atoms with Gasteiger partial charge in [-0.05, 0) is 88.1 Å². The van der Waals surface area contributed by atoms with E-state index < -0.39 is 23.8 Å². The molecule has 3 fully saturated rings. The first kappa shape index (κ1) is 40.3. The molecule has 6 heterocycles. The molecule has 0 spiro atoms. The number of pyridine rings is 2. The number of anilines is 3. The van der Waals surface area contributed by atoms with Crippen molar-refractivity contribution in [2.75, 3.05) is 48.7 Å². The Hall–Kier alpha value is -5.48. The Morgan fingerprint density at radius 1 is 0.898 bits per heavy atom. The van der Waals surface area contributed by atoms with Crippen LogP contribution in [0.15, 0.2) is 52.4 Å². The van der Waals surface area contributed by atoms with Crippen molar-refractivity contribution in [1.82, 2.24) is 34.6 Å². The van der Waals surface area contributed by atoms with E-state index in [1.165, 1.54) is 6.92 Å². The number of piperazine rings is 1. The molecule has 4 amide bonds. The lowest BCUT2D eigenvalue weighted by Gasteiger charge is -2.36. The summed E-state index contributed by atoms with van der Waals surface area (Å²) in [4.78, 5) is 97.1. The standard InChI is InChI=1S/C43H49N9O6S/c1-26-31-25-45-43(48-38(31)51(28-10-5-6-11-28)41(57)36(26)27(2)53)46-34-16-14-29(24-44-34)50-21-19-49(20-22-50)18-7-3-4-8-23-59-33-13-9-12-30-37(33)42(58)52(40(30)56)32-15-17-35(54)47-39(32)55/h9,12-14,16,24-25,28,32H,3-8,10-11,15,17-23H2,1-2H3,(H,47,54,55)(H,44,45,46,48). The van der Waals surface area contributed by atoms with Crippen molar-refractivity contribution < 1.29 is 24.0 Å². The zero-order valence-electron chi connectivity index (χ0n) is 33.5. The highest BCUT2D eigenvalue weighted by Gasteiger charge is 2.45. The number of imide groups is 2. The third kappa shape index (κ3) is 8.24. The number of nitrogens with one attached hydrogen (secondary N) is 2. The molecule has 1 saturated carbocycles. The Labute approximate surface area is 346 Å². The number of Topliss-reactive ketones (excluding diaryl/α,β-unsaturated/α-hetero) is 1. The van der Waals surface area contributed by atoms with Gasteiger partial charge in [0.05, 0.1) is 28.6 Å². The molecule has 2 N–H and O–H groups in total. The van der Waals surface area contributed by atoms with Gasteiger partial charge in [0.15, 0.2) is 5.78 Å². The molecular weight excluding hydrogens is 771 g/mol. The average Bonchev–Trinajstić information content (AvgIpc) is 3.84. The largest absolute Gasteiger partial charge is 0.368 e. The van der Waals surface area contributed by atoms with Gasteiger partial charge in [0.1, 0.15) is 17.5 Å². The van der Waals surface area contributed by atoms with Crippen molar-refractivity contribution in [3.8, 4) is 0 Å². The van der Waals surface area contributed by atoms with Crippen molar-refractivity contribution in [2.45, 2.75) is 95.0 Å². The van der Waals surface area contributed by atoms with Gasteiger partial charge < -0.3 is 10.2 Å². The summed E-state index contributed by atoms with van der Waals surface area (Å²) >= 11 is 1.57. The molecule has 1 unspecified atom stereocenters. The van der Waals surface area contributed by atoms with Crippen LogP contribution in [0.5, 0.6) is 0 Å². The number of nitrogens with zero attached hydrogens (tertiary/aromatic N) is 7. The highest BCUT2D eigenvalue weighted by Crippen LogP contribution is 2.35. The summed E-state index contributed by atoms with van der Waals surface area (Å²) < 4.78 is 1.71. The summed E-state index contributed by atoms with van der Waals surface area (Å²) in [5.74, 6) is -0.408. The van der Waals surface area contributed by atoms with Gasteiger partial charge in [0.25, 0.3) is 17.4 Å². The fourth-order valence-electron chi connectivity index (χ4n) is 8.88. The van der Waals surface area contributed by atoms with Crippen molar-refractivity contribution >= 4 is 69.7 Å². The summed E-state index contributed by atoms with van der Waals surface area (Å²) in [7, 11) is 0. The van der Waals surface area contributed by atoms with E-state index in [0.717, 1.165) is 105 Å². The lowest BCUT2D eigenvalue weighted by Crippen LogP contribution is -2.54. The maximum Gasteiger partial charge on any atom is 0.263 e. The van der Waals surface area contributed by atoms with Crippen LogP contribution in [0.3, 0.4) is 0 Å². The summed E-state index contributed by atoms with van der Waals surface area (Å²) in [6.45, 7) is 8.01. The SMILES string of the molecule is CC(=O)c1c(C)c2cnc(Nc3ccc(N4CCN(CCCCCCSc5cccc6c5C(=O)N(C5CCC(=O)NC5=O)C6=O)CC4)cn3)nc2n(C2CCCC2)c1=O. The number of unbranched alkanes of at least 4 members (excludes halogenated alkanes) is 3. The van der Waals surface area contributed by atoms with E-state index in [1.807, 2.05) is 24.4 Å². The van der Waals surface area contributed by atoms with Crippen LogP contribution in [0.4, 0.5) is 17.5 Å². The summed E-state index contributed by atoms with van der Waals surface area (Å²) in [5, 5.41) is 6.17. The average molecular weight is 820 g/mol. The summed E-state index contributed by atoms with van der Waals surface area (Å²) in [6, 6.07) is 8.27. The van der Waals surface area contributed by atoms with Crippen LogP contribution in [-0.4, -0.2) is 103 Å². The fourth-order valence-corrected chi connectivity index (χ4v) is 9.96. The second kappa shape index (κ2) is 17.4. The lowest BCUT2D eigenvalue weighted by atomic mass is 10.0. The number of fused-ring (bicyclic) bond motifs is 2. The molecule has 16 heteroatoms. The molecule has 3 aliphatic heterocycles. The molecule has 1 atom stereocenters. The lowest BCUT2D eigenvalue weighted by molar-refractivity contribution is -0.136. The van der Waals surface area contributed by atoms with Gasteiger partial charge in [0.2, 0.25) is 17.8 Å². The number of thioether (sulfide) groups is 1. The van der Waals surface area contributed by atoms with Crippen LogP contribution in [0.2, 0.25) is 0 Å². The Kier molecular flexibility index (Phi) is 11.9. The fraction of sp³-hybridized carbons (Fsp3) is 0.465. The zero-order valence-corrected chi connectivity index (χ0v) is 34.3. The molecule has 0 radical (unpaired) electrons.